The number of hydrogen-bond donors (Lipinski definition) is 0. The Kier molecular flexibility index (Phi) is 7.06. The van der Waals surface area contributed by atoms with Crippen LogP contribution in [0.4, 0.5) is 0 Å². The van der Waals surface area contributed by atoms with Crippen LogP contribution in [0.5, 0.6) is 5.75 Å². The summed E-state index contributed by atoms with van der Waals surface area (Å²) in [5.41, 5.74) is 1.25. The molecule has 1 aliphatic rings. The lowest BCUT2D eigenvalue weighted by molar-refractivity contribution is 0.0627. The van der Waals surface area contributed by atoms with E-state index in [9.17, 15) is 13.2 Å². The molecule has 7 heteroatoms. The molecule has 2 aromatic rings. The SMILES string of the molecule is COc1ccc(C(=O)N(C2CC2)C(C)C(C)C)cc1S(=O)(=O)N(C)Cc1ccccc1. The van der Waals surface area contributed by atoms with Gasteiger partial charge in [-0.05, 0) is 49.4 Å². The number of hydrogen-bond acceptors (Lipinski definition) is 4. The average molecular weight is 445 g/mol. The van der Waals surface area contributed by atoms with Gasteiger partial charge in [-0.15, -0.1) is 0 Å². The molecule has 1 amide bonds. The summed E-state index contributed by atoms with van der Waals surface area (Å²) in [6, 6.07) is 14.4. The lowest BCUT2D eigenvalue weighted by Gasteiger charge is -2.32. The summed E-state index contributed by atoms with van der Waals surface area (Å²) < 4.78 is 33.4. The molecular formula is C24H32N2O4S. The molecule has 0 bridgehead atoms. The van der Waals surface area contributed by atoms with Crippen molar-refractivity contribution in [3.63, 3.8) is 0 Å². The zero-order valence-corrected chi connectivity index (χ0v) is 19.7. The van der Waals surface area contributed by atoms with Crippen molar-refractivity contribution >= 4 is 15.9 Å². The maximum Gasteiger partial charge on any atom is 0.254 e. The van der Waals surface area contributed by atoms with Gasteiger partial charge in [0.25, 0.3) is 5.91 Å². The van der Waals surface area contributed by atoms with Crippen LogP contribution in [0.2, 0.25) is 0 Å². The van der Waals surface area contributed by atoms with E-state index in [0.717, 1.165) is 18.4 Å². The minimum atomic E-state index is -3.87. The number of carbonyl (C=O) groups is 1. The van der Waals surface area contributed by atoms with Crippen molar-refractivity contribution < 1.29 is 17.9 Å². The molecule has 0 spiro atoms. The summed E-state index contributed by atoms with van der Waals surface area (Å²) >= 11 is 0. The van der Waals surface area contributed by atoms with Crippen LogP contribution in [0.1, 0.15) is 49.5 Å². The quantitative estimate of drug-likeness (QED) is 0.582. The van der Waals surface area contributed by atoms with Gasteiger partial charge in [-0.1, -0.05) is 44.2 Å². The van der Waals surface area contributed by atoms with Crippen LogP contribution in [0.3, 0.4) is 0 Å². The third kappa shape index (κ3) is 5.10. The number of nitrogens with zero attached hydrogens (tertiary/aromatic N) is 2. The first-order valence-corrected chi connectivity index (χ1v) is 12.1. The van der Waals surface area contributed by atoms with Crippen LogP contribution in [0.15, 0.2) is 53.4 Å². The monoisotopic (exact) mass is 444 g/mol. The largest absolute Gasteiger partial charge is 0.495 e. The fraction of sp³-hybridized carbons (Fsp3) is 0.458. The Labute approximate surface area is 185 Å². The minimum absolute atomic E-state index is 0.00669. The normalized spacial score (nSPS) is 15.2. The summed E-state index contributed by atoms with van der Waals surface area (Å²) in [6.45, 7) is 6.46. The van der Waals surface area contributed by atoms with Crippen molar-refractivity contribution in [3.8, 4) is 5.75 Å². The van der Waals surface area contributed by atoms with Crippen molar-refractivity contribution in [2.45, 2.75) is 57.1 Å². The summed E-state index contributed by atoms with van der Waals surface area (Å²) in [5, 5.41) is 0. The Hall–Kier alpha value is -2.38. The van der Waals surface area contributed by atoms with Gasteiger partial charge in [-0.25, -0.2) is 8.42 Å². The summed E-state index contributed by atoms with van der Waals surface area (Å²) in [5.74, 6) is 0.405. The second kappa shape index (κ2) is 9.40. The third-order valence-electron chi connectivity index (χ3n) is 5.93. The first kappa shape index (κ1) is 23.3. The van der Waals surface area contributed by atoms with Gasteiger partial charge in [0, 0.05) is 31.2 Å². The Morgan fingerprint density at radius 2 is 1.74 bits per heavy atom. The van der Waals surface area contributed by atoms with E-state index in [1.165, 1.54) is 24.5 Å². The molecule has 31 heavy (non-hydrogen) atoms. The van der Waals surface area contributed by atoms with Crippen LogP contribution in [0.25, 0.3) is 0 Å². The van der Waals surface area contributed by atoms with E-state index in [1.54, 1.807) is 12.1 Å². The lowest BCUT2D eigenvalue weighted by atomic mass is 10.0. The zero-order valence-electron chi connectivity index (χ0n) is 18.9. The fourth-order valence-electron chi connectivity index (χ4n) is 3.61. The smallest absolute Gasteiger partial charge is 0.254 e. The number of methoxy groups -OCH3 is 1. The van der Waals surface area contributed by atoms with E-state index < -0.39 is 10.0 Å². The summed E-state index contributed by atoms with van der Waals surface area (Å²) in [4.78, 5) is 15.3. The van der Waals surface area contributed by atoms with E-state index in [4.69, 9.17) is 4.74 Å². The molecule has 1 atom stereocenters. The standard InChI is InChI=1S/C24H32N2O4S/c1-17(2)18(3)26(21-12-13-21)24(27)20-11-14-22(30-5)23(15-20)31(28,29)25(4)16-19-9-7-6-8-10-19/h6-11,14-15,17-18,21H,12-13,16H2,1-5H3. The van der Waals surface area contributed by atoms with Gasteiger partial charge in [-0.2, -0.15) is 4.31 Å². The number of ether oxygens (including phenoxy) is 1. The fourth-order valence-corrected chi connectivity index (χ4v) is 4.95. The number of benzene rings is 2. The van der Waals surface area contributed by atoms with Gasteiger partial charge in [0.15, 0.2) is 0 Å². The van der Waals surface area contributed by atoms with E-state index >= 15 is 0 Å². The molecule has 0 aromatic heterocycles. The van der Waals surface area contributed by atoms with Crippen LogP contribution < -0.4 is 4.74 Å². The molecule has 0 saturated heterocycles. The average Bonchev–Trinajstić information content (AvgIpc) is 3.58. The van der Waals surface area contributed by atoms with E-state index in [-0.39, 0.29) is 35.2 Å². The maximum absolute atomic E-state index is 13.4. The van der Waals surface area contributed by atoms with Gasteiger partial charge >= 0.3 is 0 Å². The first-order valence-electron chi connectivity index (χ1n) is 10.7. The molecular weight excluding hydrogens is 412 g/mol. The first-order chi connectivity index (χ1) is 14.7. The second-order valence-corrected chi connectivity index (χ2v) is 10.6. The number of carbonyl (C=O) groups excluding carboxylic acids is 1. The molecule has 3 rings (SSSR count). The molecule has 168 valence electrons. The van der Waals surface area contributed by atoms with Crippen molar-refractivity contribution in [1.82, 2.24) is 9.21 Å². The Morgan fingerprint density at radius 1 is 1.10 bits per heavy atom. The van der Waals surface area contributed by atoms with Crippen molar-refractivity contribution in [2.75, 3.05) is 14.2 Å². The van der Waals surface area contributed by atoms with Crippen molar-refractivity contribution in [2.24, 2.45) is 5.92 Å². The predicted octanol–water partition coefficient (Wildman–Crippen LogP) is 4.17. The van der Waals surface area contributed by atoms with E-state index in [1.807, 2.05) is 35.2 Å². The molecule has 0 heterocycles. The summed E-state index contributed by atoms with van der Waals surface area (Å²) in [6.07, 6.45) is 1.98. The van der Waals surface area contributed by atoms with Crippen LogP contribution in [0, 0.1) is 5.92 Å². The van der Waals surface area contributed by atoms with Gasteiger partial charge in [0.05, 0.1) is 7.11 Å². The van der Waals surface area contributed by atoms with Crippen LogP contribution in [-0.4, -0.2) is 49.8 Å². The Bertz CT molecular complexity index is 1020. The van der Waals surface area contributed by atoms with Gasteiger partial charge in [0.1, 0.15) is 10.6 Å². The molecule has 6 nitrogen and oxygen atoms in total. The summed E-state index contributed by atoms with van der Waals surface area (Å²) in [7, 11) is -0.895. The van der Waals surface area contributed by atoms with Crippen molar-refractivity contribution in [3.05, 3.63) is 59.7 Å². The van der Waals surface area contributed by atoms with Gasteiger partial charge in [-0.3, -0.25) is 4.79 Å². The number of sulfonamides is 1. The highest BCUT2D eigenvalue weighted by atomic mass is 32.2. The topological polar surface area (TPSA) is 66.9 Å². The maximum atomic E-state index is 13.4. The van der Waals surface area contributed by atoms with E-state index in [2.05, 4.69) is 20.8 Å². The van der Waals surface area contributed by atoms with E-state index in [0.29, 0.717) is 11.5 Å². The minimum Gasteiger partial charge on any atom is -0.495 e. The molecule has 1 fully saturated rings. The zero-order chi connectivity index (χ0) is 22.8. The van der Waals surface area contributed by atoms with Crippen molar-refractivity contribution in [1.29, 1.82) is 0 Å². The van der Waals surface area contributed by atoms with Crippen LogP contribution in [-0.2, 0) is 16.6 Å². The Balaban J connectivity index is 1.95. The lowest BCUT2D eigenvalue weighted by Crippen LogP contribution is -2.43. The molecule has 1 unspecified atom stereocenters. The molecule has 0 radical (unpaired) electrons. The Morgan fingerprint density at radius 3 is 2.29 bits per heavy atom. The highest BCUT2D eigenvalue weighted by Gasteiger charge is 2.37. The molecule has 0 N–H and O–H groups in total. The van der Waals surface area contributed by atoms with Gasteiger partial charge < -0.3 is 9.64 Å². The number of rotatable bonds is 9. The van der Waals surface area contributed by atoms with Crippen LogP contribution >= 0.6 is 0 Å². The highest BCUT2D eigenvalue weighted by molar-refractivity contribution is 7.89. The van der Waals surface area contributed by atoms with Gasteiger partial charge in [0.2, 0.25) is 10.0 Å². The third-order valence-corrected chi connectivity index (χ3v) is 7.75. The molecule has 2 aromatic carbocycles. The highest BCUT2D eigenvalue weighted by Crippen LogP contribution is 2.34. The second-order valence-electron chi connectivity index (χ2n) is 8.54. The molecule has 1 saturated carbocycles. The predicted molar refractivity (Wildman–Crippen MR) is 122 cm³/mol. The molecule has 0 aliphatic heterocycles. The number of amides is 1. The molecule has 1 aliphatic carbocycles.